The van der Waals surface area contributed by atoms with E-state index in [9.17, 15) is 14.7 Å². The second-order valence-corrected chi connectivity index (χ2v) is 6.66. The minimum atomic E-state index is -1.02. The molecule has 128 valence electrons. The molecule has 6 nitrogen and oxygen atoms in total. The van der Waals surface area contributed by atoms with Crippen LogP contribution in [0.3, 0.4) is 0 Å². The Balaban J connectivity index is 2.70. The molecule has 0 aromatic carbocycles. The van der Waals surface area contributed by atoms with Crippen LogP contribution in [0.25, 0.3) is 0 Å². The minimum absolute atomic E-state index is 0.0357. The van der Waals surface area contributed by atoms with Gasteiger partial charge in [-0.25, -0.2) is 4.79 Å². The number of aryl methyl sites for hydroxylation is 1. The highest BCUT2D eigenvalue weighted by molar-refractivity contribution is 5.76. The molecule has 0 spiro atoms. The van der Waals surface area contributed by atoms with Crippen LogP contribution in [0.4, 0.5) is 4.79 Å². The summed E-state index contributed by atoms with van der Waals surface area (Å²) >= 11 is 0. The van der Waals surface area contributed by atoms with Crippen molar-refractivity contribution in [2.45, 2.75) is 52.6 Å². The van der Waals surface area contributed by atoms with Crippen molar-refractivity contribution < 1.29 is 19.4 Å². The van der Waals surface area contributed by atoms with Crippen molar-refractivity contribution in [3.63, 3.8) is 0 Å². The van der Waals surface area contributed by atoms with Gasteiger partial charge in [0.05, 0.1) is 5.41 Å². The van der Waals surface area contributed by atoms with E-state index in [1.165, 1.54) is 0 Å². The topological polar surface area (TPSA) is 88.5 Å². The third kappa shape index (κ3) is 6.26. The molecule has 1 heterocycles. The zero-order valence-electron chi connectivity index (χ0n) is 14.3. The van der Waals surface area contributed by atoms with Gasteiger partial charge in [0.25, 0.3) is 0 Å². The van der Waals surface area contributed by atoms with Crippen molar-refractivity contribution in [1.82, 2.24) is 10.3 Å². The molecule has 1 unspecified atom stereocenters. The highest BCUT2D eigenvalue weighted by atomic mass is 16.6. The Hall–Kier alpha value is -2.11. The summed E-state index contributed by atoms with van der Waals surface area (Å²) in [5.74, 6) is -0.917. The van der Waals surface area contributed by atoms with E-state index in [-0.39, 0.29) is 6.54 Å². The van der Waals surface area contributed by atoms with Gasteiger partial charge in [-0.2, -0.15) is 0 Å². The molecule has 1 aromatic rings. The van der Waals surface area contributed by atoms with E-state index in [1.54, 1.807) is 33.2 Å². The van der Waals surface area contributed by atoms with Gasteiger partial charge in [0.1, 0.15) is 5.60 Å². The molecule has 6 heteroatoms. The summed E-state index contributed by atoms with van der Waals surface area (Å²) in [6.07, 6.45) is 4.22. The number of rotatable bonds is 7. The molecule has 2 N–H and O–H groups in total. The Bertz CT molecular complexity index is 525. The first-order chi connectivity index (χ1) is 10.7. The van der Waals surface area contributed by atoms with Gasteiger partial charge in [-0.1, -0.05) is 13.0 Å². The number of alkyl carbamates (subject to hydrolysis) is 1. The van der Waals surface area contributed by atoms with Gasteiger partial charge >= 0.3 is 12.1 Å². The predicted molar refractivity (Wildman–Crippen MR) is 87.2 cm³/mol. The molecule has 0 bridgehead atoms. The Labute approximate surface area is 137 Å². The molecule has 0 saturated heterocycles. The fraction of sp³-hybridized carbons (Fsp3) is 0.588. The van der Waals surface area contributed by atoms with Crippen LogP contribution >= 0.6 is 0 Å². The second-order valence-electron chi connectivity index (χ2n) is 6.66. The number of aliphatic carboxylic acids is 1. The average Bonchev–Trinajstić information content (AvgIpc) is 2.47. The van der Waals surface area contributed by atoms with E-state index in [1.807, 2.05) is 19.1 Å². The summed E-state index contributed by atoms with van der Waals surface area (Å²) < 4.78 is 5.17. The highest BCUT2D eigenvalue weighted by Crippen LogP contribution is 2.28. The number of ether oxygens (including phenoxy) is 1. The molecule has 1 amide bonds. The number of aromatic nitrogens is 1. The molecule has 1 aromatic heterocycles. The third-order valence-corrected chi connectivity index (χ3v) is 3.72. The van der Waals surface area contributed by atoms with Gasteiger partial charge in [-0.15, -0.1) is 0 Å². The molecule has 0 saturated carbocycles. The van der Waals surface area contributed by atoms with E-state index in [0.717, 1.165) is 5.56 Å². The number of pyridine rings is 1. The van der Waals surface area contributed by atoms with Crippen LogP contribution in [0.2, 0.25) is 0 Å². The van der Waals surface area contributed by atoms with Crippen LogP contribution in [-0.4, -0.2) is 34.3 Å². The zero-order valence-corrected chi connectivity index (χ0v) is 14.3. The van der Waals surface area contributed by atoms with E-state index < -0.39 is 23.1 Å². The number of carbonyl (C=O) groups excluding carboxylic acids is 1. The van der Waals surface area contributed by atoms with Crippen molar-refractivity contribution in [1.29, 1.82) is 0 Å². The molecule has 23 heavy (non-hydrogen) atoms. The van der Waals surface area contributed by atoms with Gasteiger partial charge in [-0.3, -0.25) is 9.78 Å². The maximum absolute atomic E-state index is 11.8. The van der Waals surface area contributed by atoms with E-state index in [0.29, 0.717) is 19.3 Å². The molecule has 0 radical (unpaired) electrons. The van der Waals surface area contributed by atoms with Gasteiger partial charge < -0.3 is 15.2 Å². The number of carboxylic acids is 1. The van der Waals surface area contributed by atoms with Gasteiger partial charge in [0.2, 0.25) is 0 Å². The molecule has 0 aliphatic carbocycles. The van der Waals surface area contributed by atoms with Crippen molar-refractivity contribution in [2.24, 2.45) is 5.41 Å². The molecular weight excluding hydrogens is 296 g/mol. The van der Waals surface area contributed by atoms with Gasteiger partial charge in [0, 0.05) is 18.9 Å². The molecule has 1 atom stereocenters. The predicted octanol–water partition coefficient (Wildman–Crippen LogP) is 3.02. The zero-order chi connectivity index (χ0) is 17.5. The first kappa shape index (κ1) is 18.9. The average molecular weight is 322 g/mol. The van der Waals surface area contributed by atoms with E-state index >= 15 is 0 Å². The fourth-order valence-corrected chi connectivity index (χ4v) is 2.21. The first-order valence-electron chi connectivity index (χ1n) is 7.78. The Kier molecular flexibility index (Phi) is 6.54. The quantitative estimate of drug-likeness (QED) is 0.805. The summed E-state index contributed by atoms with van der Waals surface area (Å²) in [5, 5.41) is 12.2. The second kappa shape index (κ2) is 7.94. The van der Waals surface area contributed by atoms with Crippen molar-refractivity contribution in [3.05, 3.63) is 30.1 Å². The van der Waals surface area contributed by atoms with Crippen LogP contribution in [0.15, 0.2) is 24.5 Å². The number of nitrogens with one attached hydrogen (secondary N) is 1. The lowest BCUT2D eigenvalue weighted by Crippen LogP contribution is -2.44. The highest BCUT2D eigenvalue weighted by Gasteiger charge is 2.37. The summed E-state index contributed by atoms with van der Waals surface area (Å²) in [4.78, 5) is 27.6. The monoisotopic (exact) mass is 322 g/mol. The van der Waals surface area contributed by atoms with E-state index in [4.69, 9.17) is 4.74 Å². The molecule has 0 aliphatic rings. The maximum atomic E-state index is 11.8. The van der Waals surface area contributed by atoms with Crippen LogP contribution in [0.5, 0.6) is 0 Å². The van der Waals surface area contributed by atoms with Crippen molar-refractivity contribution >= 4 is 12.1 Å². The van der Waals surface area contributed by atoms with Crippen LogP contribution < -0.4 is 5.32 Å². The SMILES string of the molecule is CCC(CCc1cccnc1)(CNC(=O)OC(C)(C)C)C(=O)O. The smallest absolute Gasteiger partial charge is 0.407 e. The number of hydrogen-bond acceptors (Lipinski definition) is 4. The molecular formula is C17H26N2O4. The molecule has 0 aliphatic heterocycles. The number of carboxylic acid groups (broad SMARTS) is 1. The summed E-state index contributed by atoms with van der Waals surface area (Å²) in [5.41, 5.74) is -0.659. The van der Waals surface area contributed by atoms with Crippen molar-refractivity contribution in [2.75, 3.05) is 6.54 Å². The van der Waals surface area contributed by atoms with Crippen LogP contribution in [0.1, 0.15) is 46.1 Å². The lowest BCUT2D eigenvalue weighted by atomic mass is 9.79. The molecule has 0 fully saturated rings. The largest absolute Gasteiger partial charge is 0.481 e. The summed E-state index contributed by atoms with van der Waals surface area (Å²) in [6, 6.07) is 3.74. The lowest BCUT2D eigenvalue weighted by molar-refractivity contribution is -0.149. The van der Waals surface area contributed by atoms with Gasteiger partial charge in [0.15, 0.2) is 0 Å². The van der Waals surface area contributed by atoms with E-state index in [2.05, 4.69) is 10.3 Å². The summed E-state index contributed by atoms with van der Waals surface area (Å²) in [6.45, 7) is 7.14. The van der Waals surface area contributed by atoms with Crippen LogP contribution in [0, 0.1) is 5.41 Å². The number of nitrogens with zero attached hydrogens (tertiary/aromatic N) is 1. The third-order valence-electron chi connectivity index (χ3n) is 3.72. The number of carbonyl (C=O) groups is 2. The van der Waals surface area contributed by atoms with Crippen LogP contribution in [-0.2, 0) is 16.0 Å². The Morgan fingerprint density at radius 1 is 1.35 bits per heavy atom. The maximum Gasteiger partial charge on any atom is 0.407 e. The Morgan fingerprint density at radius 2 is 2.04 bits per heavy atom. The molecule has 1 rings (SSSR count). The fourth-order valence-electron chi connectivity index (χ4n) is 2.21. The lowest BCUT2D eigenvalue weighted by Gasteiger charge is -2.29. The number of amides is 1. The Morgan fingerprint density at radius 3 is 2.52 bits per heavy atom. The number of hydrogen-bond donors (Lipinski definition) is 2. The first-order valence-corrected chi connectivity index (χ1v) is 7.78. The summed E-state index contributed by atoms with van der Waals surface area (Å²) in [7, 11) is 0. The van der Waals surface area contributed by atoms with Crippen molar-refractivity contribution in [3.8, 4) is 0 Å². The minimum Gasteiger partial charge on any atom is -0.481 e. The normalized spacial score (nSPS) is 13.9. The van der Waals surface area contributed by atoms with Gasteiger partial charge in [-0.05, 0) is 51.7 Å². The standard InChI is InChI=1S/C17H26N2O4/c1-5-17(14(20)21,9-8-13-7-6-10-18-11-13)12-19-15(22)23-16(2,3)4/h6-7,10-11H,5,8-9,12H2,1-4H3,(H,19,22)(H,20,21).